The minimum Gasteiger partial charge on any atom is -0.385 e. The van der Waals surface area contributed by atoms with Crippen molar-refractivity contribution < 1.29 is 9.53 Å². The minimum absolute atomic E-state index is 0.248. The van der Waals surface area contributed by atoms with Gasteiger partial charge in [-0.1, -0.05) is 11.6 Å². The van der Waals surface area contributed by atoms with E-state index in [0.29, 0.717) is 24.0 Å². The van der Waals surface area contributed by atoms with Crippen molar-refractivity contribution in [1.82, 2.24) is 10.3 Å². The van der Waals surface area contributed by atoms with E-state index in [1.54, 1.807) is 19.2 Å². The van der Waals surface area contributed by atoms with Gasteiger partial charge in [-0.15, -0.1) is 0 Å². The van der Waals surface area contributed by atoms with Crippen molar-refractivity contribution in [3.8, 4) is 0 Å². The molecular formula is C13H20ClN3O2. The van der Waals surface area contributed by atoms with Gasteiger partial charge < -0.3 is 15.4 Å². The van der Waals surface area contributed by atoms with E-state index in [4.69, 9.17) is 16.3 Å². The minimum atomic E-state index is -0.248. The summed E-state index contributed by atoms with van der Waals surface area (Å²) in [7, 11) is 1.66. The van der Waals surface area contributed by atoms with Crippen LogP contribution in [0.3, 0.4) is 0 Å². The number of hydrogen-bond donors (Lipinski definition) is 2. The number of amides is 1. The van der Waals surface area contributed by atoms with Crippen LogP contribution in [0.2, 0.25) is 5.02 Å². The maximum atomic E-state index is 11.9. The maximum absolute atomic E-state index is 11.9. The molecule has 19 heavy (non-hydrogen) atoms. The summed E-state index contributed by atoms with van der Waals surface area (Å²) in [4.78, 5) is 16.1. The van der Waals surface area contributed by atoms with Crippen molar-refractivity contribution in [1.29, 1.82) is 0 Å². The monoisotopic (exact) mass is 285 g/mol. The molecule has 0 saturated carbocycles. The zero-order chi connectivity index (χ0) is 14.1. The molecule has 0 radical (unpaired) electrons. The Morgan fingerprint density at radius 3 is 2.89 bits per heavy atom. The van der Waals surface area contributed by atoms with Gasteiger partial charge in [0.05, 0.1) is 5.02 Å². The molecule has 5 nitrogen and oxygen atoms in total. The summed E-state index contributed by atoms with van der Waals surface area (Å²) in [5.41, 5.74) is 0.256. The van der Waals surface area contributed by atoms with Crippen LogP contribution in [0.4, 0.5) is 5.82 Å². The van der Waals surface area contributed by atoms with Gasteiger partial charge in [0, 0.05) is 26.8 Å². The number of aromatic nitrogens is 1. The van der Waals surface area contributed by atoms with E-state index < -0.39 is 0 Å². The summed E-state index contributed by atoms with van der Waals surface area (Å²) in [6.45, 7) is 4.00. The number of hydrogen-bond acceptors (Lipinski definition) is 4. The van der Waals surface area contributed by atoms with E-state index in [1.165, 1.54) is 0 Å². The number of methoxy groups -OCH3 is 1. The van der Waals surface area contributed by atoms with Gasteiger partial charge in [0.15, 0.2) is 0 Å². The molecule has 0 fully saturated rings. The highest BCUT2D eigenvalue weighted by atomic mass is 35.5. The average molecular weight is 286 g/mol. The molecule has 1 amide bonds. The zero-order valence-corrected chi connectivity index (χ0v) is 12.1. The van der Waals surface area contributed by atoms with Gasteiger partial charge >= 0.3 is 0 Å². The molecule has 0 aliphatic rings. The highest BCUT2D eigenvalue weighted by Gasteiger charge is 2.12. The molecule has 0 unspecified atom stereocenters. The highest BCUT2D eigenvalue weighted by Crippen LogP contribution is 2.16. The van der Waals surface area contributed by atoms with Crippen LogP contribution in [0.25, 0.3) is 0 Å². The molecule has 2 N–H and O–H groups in total. The second kappa shape index (κ2) is 8.72. The third-order valence-electron chi connectivity index (χ3n) is 2.48. The first-order chi connectivity index (χ1) is 9.19. The van der Waals surface area contributed by atoms with Gasteiger partial charge in [-0.25, -0.2) is 4.98 Å². The number of ether oxygens (including phenoxy) is 1. The first-order valence-electron chi connectivity index (χ1n) is 6.36. The number of anilines is 1. The third kappa shape index (κ3) is 5.44. The van der Waals surface area contributed by atoms with Crippen LogP contribution >= 0.6 is 11.6 Å². The van der Waals surface area contributed by atoms with Crippen LogP contribution < -0.4 is 10.6 Å². The molecule has 106 valence electrons. The Morgan fingerprint density at radius 1 is 1.42 bits per heavy atom. The number of rotatable bonds is 8. The quantitative estimate of drug-likeness (QED) is 0.720. The second-order valence-corrected chi connectivity index (χ2v) is 4.42. The van der Waals surface area contributed by atoms with Crippen LogP contribution in [0.5, 0.6) is 0 Å². The lowest BCUT2D eigenvalue weighted by Crippen LogP contribution is -2.26. The number of pyridine rings is 1. The van der Waals surface area contributed by atoms with Gasteiger partial charge in [-0.05, 0) is 31.9 Å². The maximum Gasteiger partial charge on any atom is 0.271 e. The molecule has 1 rings (SSSR count). The van der Waals surface area contributed by atoms with Crippen molar-refractivity contribution in [2.75, 3.05) is 32.1 Å². The first-order valence-corrected chi connectivity index (χ1v) is 6.74. The Bertz CT molecular complexity index is 413. The number of nitrogens with zero attached hydrogens (tertiary/aromatic N) is 1. The highest BCUT2D eigenvalue weighted by molar-refractivity contribution is 6.33. The number of carbonyl (C=O) groups is 1. The molecule has 1 aromatic heterocycles. The normalized spacial score (nSPS) is 10.3. The lowest BCUT2D eigenvalue weighted by molar-refractivity contribution is 0.0946. The molecular weight excluding hydrogens is 266 g/mol. The fourth-order valence-electron chi connectivity index (χ4n) is 1.54. The van der Waals surface area contributed by atoms with Gasteiger partial charge in [0.1, 0.15) is 11.5 Å². The van der Waals surface area contributed by atoms with Gasteiger partial charge in [0.2, 0.25) is 0 Å². The summed E-state index contributed by atoms with van der Waals surface area (Å²) in [5.74, 6) is 0.401. The largest absolute Gasteiger partial charge is 0.385 e. The van der Waals surface area contributed by atoms with Gasteiger partial charge in [0.25, 0.3) is 5.91 Å². The standard InChI is InChI=1S/C13H20ClN3O2/c1-3-15-11-7-6-10(14)12(17-11)13(18)16-8-4-5-9-19-2/h6-7H,3-5,8-9H2,1-2H3,(H,15,17)(H,16,18). The molecule has 0 atom stereocenters. The van der Waals surface area contributed by atoms with Crippen LogP contribution in [0.15, 0.2) is 12.1 Å². The molecule has 0 bridgehead atoms. The fraction of sp³-hybridized carbons (Fsp3) is 0.538. The van der Waals surface area contributed by atoms with Crippen LogP contribution in [0, 0.1) is 0 Å². The third-order valence-corrected chi connectivity index (χ3v) is 2.78. The van der Waals surface area contributed by atoms with Crippen molar-refractivity contribution in [2.45, 2.75) is 19.8 Å². The van der Waals surface area contributed by atoms with Crippen molar-refractivity contribution in [2.24, 2.45) is 0 Å². The molecule has 1 aromatic rings. The lowest BCUT2D eigenvalue weighted by Gasteiger charge is -2.08. The van der Waals surface area contributed by atoms with Crippen molar-refractivity contribution in [3.05, 3.63) is 22.8 Å². The van der Waals surface area contributed by atoms with Crippen LogP contribution in [-0.2, 0) is 4.74 Å². The Labute approximate surface area is 118 Å². The van der Waals surface area contributed by atoms with E-state index in [0.717, 1.165) is 19.4 Å². The summed E-state index contributed by atoms with van der Waals surface area (Å²) >= 11 is 5.98. The van der Waals surface area contributed by atoms with Crippen molar-refractivity contribution in [3.63, 3.8) is 0 Å². The molecule has 0 aliphatic heterocycles. The van der Waals surface area contributed by atoms with Crippen molar-refractivity contribution >= 4 is 23.3 Å². The molecule has 1 heterocycles. The van der Waals surface area contributed by atoms with E-state index >= 15 is 0 Å². The predicted octanol–water partition coefficient (Wildman–Crippen LogP) is 2.32. The second-order valence-electron chi connectivity index (χ2n) is 4.01. The summed E-state index contributed by atoms with van der Waals surface area (Å²) in [6.07, 6.45) is 1.78. The van der Waals surface area contributed by atoms with Crippen LogP contribution in [0.1, 0.15) is 30.3 Å². The average Bonchev–Trinajstić information content (AvgIpc) is 2.41. The van der Waals surface area contributed by atoms with Crippen LogP contribution in [-0.4, -0.2) is 37.7 Å². The molecule has 0 spiro atoms. The molecule has 6 heteroatoms. The SMILES string of the molecule is CCNc1ccc(Cl)c(C(=O)NCCCCOC)n1. The Hall–Kier alpha value is -1.33. The summed E-state index contributed by atoms with van der Waals surface area (Å²) in [6, 6.07) is 3.42. The molecule has 0 saturated heterocycles. The first kappa shape index (κ1) is 15.7. The van der Waals surface area contributed by atoms with E-state index in [9.17, 15) is 4.79 Å². The topological polar surface area (TPSA) is 63.2 Å². The summed E-state index contributed by atoms with van der Waals surface area (Å²) in [5, 5.41) is 6.20. The number of nitrogens with one attached hydrogen (secondary N) is 2. The number of halogens is 1. The van der Waals surface area contributed by atoms with E-state index in [2.05, 4.69) is 15.6 Å². The fourth-order valence-corrected chi connectivity index (χ4v) is 1.73. The molecule has 0 aliphatic carbocycles. The van der Waals surface area contributed by atoms with E-state index in [-0.39, 0.29) is 11.6 Å². The smallest absolute Gasteiger partial charge is 0.271 e. The zero-order valence-electron chi connectivity index (χ0n) is 11.3. The summed E-state index contributed by atoms with van der Waals surface area (Å²) < 4.78 is 4.94. The van der Waals surface area contributed by atoms with Gasteiger partial charge in [-0.2, -0.15) is 0 Å². The Morgan fingerprint density at radius 2 is 2.21 bits per heavy atom. The Kier molecular flexibility index (Phi) is 7.22. The van der Waals surface area contributed by atoms with Gasteiger partial charge in [-0.3, -0.25) is 4.79 Å². The predicted molar refractivity (Wildman–Crippen MR) is 76.9 cm³/mol. The Balaban J connectivity index is 2.53. The lowest BCUT2D eigenvalue weighted by atomic mass is 10.3. The number of unbranched alkanes of at least 4 members (excludes halogenated alkanes) is 1. The number of carbonyl (C=O) groups excluding carboxylic acids is 1. The molecule has 0 aromatic carbocycles. The van der Waals surface area contributed by atoms with E-state index in [1.807, 2.05) is 6.92 Å².